The molecule has 0 N–H and O–H groups in total. The fourth-order valence-corrected chi connectivity index (χ4v) is 0.457. The van der Waals surface area contributed by atoms with Crippen LogP contribution in [-0.2, 0) is 6.67 Å². The summed E-state index contributed by atoms with van der Waals surface area (Å²) in [6.07, 6.45) is 1.24. The van der Waals surface area contributed by atoms with Crippen LogP contribution >= 0.6 is 0 Å². The van der Waals surface area contributed by atoms with Gasteiger partial charge in [0.05, 0.1) is 0 Å². The molecule has 8 heavy (non-hydrogen) atoms. The van der Waals surface area contributed by atoms with Crippen molar-refractivity contribution in [3.05, 3.63) is 17.8 Å². The molecule has 0 radical (unpaired) electrons. The van der Waals surface area contributed by atoms with Gasteiger partial charge in [-0.25, -0.2) is 9.37 Å². The van der Waals surface area contributed by atoms with Crippen LogP contribution in [0.25, 0.3) is 0 Å². The minimum Gasteiger partial charge on any atom is -0.448 e. The van der Waals surface area contributed by atoms with Gasteiger partial charge in [0.2, 0.25) is 0 Å². The monoisotopic (exact) mass is 115 g/mol. The molecule has 0 amide bonds. The third-order valence-corrected chi connectivity index (χ3v) is 0.971. The predicted octanol–water partition coefficient (Wildman–Crippen LogP) is 1.45. The highest BCUT2D eigenvalue weighted by atomic mass is 19.1. The Morgan fingerprint density at radius 3 is 2.88 bits per heavy atom. The Kier molecular flexibility index (Phi) is 1.28. The lowest BCUT2D eigenvalue weighted by Gasteiger charge is -1.81. The first-order valence-corrected chi connectivity index (χ1v) is 2.29. The number of hydrogen-bond acceptors (Lipinski definition) is 2. The molecule has 1 aromatic heterocycles. The largest absolute Gasteiger partial charge is 0.448 e. The second-order valence-corrected chi connectivity index (χ2v) is 1.49. The summed E-state index contributed by atoms with van der Waals surface area (Å²) in [5, 5.41) is 0. The summed E-state index contributed by atoms with van der Waals surface area (Å²) in [6.45, 7) is 1.14. The molecule has 1 rings (SSSR count). The topological polar surface area (TPSA) is 26.0 Å². The highest BCUT2D eigenvalue weighted by Gasteiger charge is 1.98. The molecular weight excluding hydrogens is 109 g/mol. The summed E-state index contributed by atoms with van der Waals surface area (Å²) < 4.78 is 16.4. The Morgan fingerprint density at radius 1 is 1.88 bits per heavy atom. The maximum Gasteiger partial charge on any atom is 0.181 e. The standard InChI is InChI=1S/C5H6FNO/c1-4-5(2-6)7-3-8-4/h3H,2H2,1H3. The van der Waals surface area contributed by atoms with Crippen molar-refractivity contribution in [1.29, 1.82) is 0 Å². The lowest BCUT2D eigenvalue weighted by Crippen LogP contribution is -1.78. The van der Waals surface area contributed by atoms with Crippen LogP contribution in [0.1, 0.15) is 11.5 Å². The maximum atomic E-state index is 11.7. The third kappa shape index (κ3) is 0.710. The SMILES string of the molecule is Cc1ocnc1CF. The Labute approximate surface area is 46.3 Å². The van der Waals surface area contributed by atoms with Gasteiger partial charge in [-0.05, 0) is 6.92 Å². The summed E-state index contributed by atoms with van der Waals surface area (Å²) in [5.74, 6) is 0.563. The Hall–Kier alpha value is -0.860. The number of hydrogen-bond donors (Lipinski definition) is 0. The van der Waals surface area contributed by atoms with Crippen LogP contribution in [0.4, 0.5) is 4.39 Å². The zero-order valence-electron chi connectivity index (χ0n) is 4.52. The van der Waals surface area contributed by atoms with Gasteiger partial charge < -0.3 is 4.42 Å². The first-order valence-electron chi connectivity index (χ1n) is 2.29. The van der Waals surface area contributed by atoms with E-state index in [0.29, 0.717) is 11.5 Å². The Morgan fingerprint density at radius 2 is 2.62 bits per heavy atom. The molecule has 0 spiro atoms. The molecular formula is C5H6FNO. The summed E-state index contributed by atoms with van der Waals surface area (Å²) in [7, 11) is 0. The van der Waals surface area contributed by atoms with Gasteiger partial charge in [-0.3, -0.25) is 0 Å². The van der Waals surface area contributed by atoms with Crippen molar-refractivity contribution >= 4 is 0 Å². The van der Waals surface area contributed by atoms with Crippen molar-refractivity contribution in [1.82, 2.24) is 4.98 Å². The third-order valence-electron chi connectivity index (χ3n) is 0.971. The smallest absolute Gasteiger partial charge is 0.181 e. The number of halogens is 1. The van der Waals surface area contributed by atoms with Gasteiger partial charge in [0.1, 0.15) is 18.1 Å². The molecule has 0 saturated carbocycles. The van der Waals surface area contributed by atoms with Gasteiger partial charge in [0.25, 0.3) is 0 Å². The minimum atomic E-state index is -0.539. The van der Waals surface area contributed by atoms with Crippen molar-refractivity contribution < 1.29 is 8.81 Å². The number of aromatic nitrogens is 1. The van der Waals surface area contributed by atoms with Crippen molar-refractivity contribution in [2.24, 2.45) is 0 Å². The van der Waals surface area contributed by atoms with Gasteiger partial charge in [0, 0.05) is 0 Å². The lowest BCUT2D eigenvalue weighted by atomic mass is 10.4. The molecule has 0 bridgehead atoms. The van der Waals surface area contributed by atoms with Crippen molar-refractivity contribution in [3.63, 3.8) is 0 Å². The zero-order chi connectivity index (χ0) is 5.98. The van der Waals surface area contributed by atoms with Gasteiger partial charge in [-0.2, -0.15) is 0 Å². The molecule has 1 aromatic rings. The van der Waals surface area contributed by atoms with E-state index in [0.717, 1.165) is 0 Å². The number of nitrogens with zero attached hydrogens (tertiary/aromatic N) is 1. The van der Waals surface area contributed by atoms with Crippen LogP contribution in [0.3, 0.4) is 0 Å². The quantitative estimate of drug-likeness (QED) is 0.553. The van der Waals surface area contributed by atoms with Gasteiger partial charge in [0.15, 0.2) is 6.39 Å². The number of alkyl halides is 1. The molecule has 0 atom stereocenters. The molecule has 0 fully saturated rings. The van der Waals surface area contributed by atoms with Crippen LogP contribution in [0.2, 0.25) is 0 Å². The van der Waals surface area contributed by atoms with Crippen molar-refractivity contribution in [3.8, 4) is 0 Å². The molecule has 0 aliphatic rings. The number of oxazole rings is 1. The molecule has 0 aliphatic carbocycles. The van der Waals surface area contributed by atoms with Gasteiger partial charge >= 0.3 is 0 Å². The van der Waals surface area contributed by atoms with E-state index in [2.05, 4.69) is 4.98 Å². The zero-order valence-corrected chi connectivity index (χ0v) is 4.52. The van der Waals surface area contributed by atoms with Crippen LogP contribution in [0.5, 0.6) is 0 Å². The van der Waals surface area contributed by atoms with Crippen LogP contribution in [0, 0.1) is 6.92 Å². The second-order valence-electron chi connectivity index (χ2n) is 1.49. The predicted molar refractivity (Wildman–Crippen MR) is 26.1 cm³/mol. The average molecular weight is 115 g/mol. The van der Waals surface area contributed by atoms with E-state index >= 15 is 0 Å². The van der Waals surface area contributed by atoms with E-state index < -0.39 is 6.67 Å². The van der Waals surface area contributed by atoms with Crippen LogP contribution in [-0.4, -0.2) is 4.98 Å². The lowest BCUT2D eigenvalue weighted by molar-refractivity contribution is 0.465. The maximum absolute atomic E-state index is 11.7. The summed E-state index contributed by atoms with van der Waals surface area (Å²) in [5.41, 5.74) is 0.394. The Bertz CT molecular complexity index is 173. The summed E-state index contributed by atoms with van der Waals surface area (Å²) in [4.78, 5) is 3.59. The number of rotatable bonds is 1. The molecule has 0 aliphatic heterocycles. The molecule has 0 aromatic carbocycles. The van der Waals surface area contributed by atoms with Crippen LogP contribution in [0.15, 0.2) is 10.8 Å². The van der Waals surface area contributed by atoms with Crippen molar-refractivity contribution in [2.45, 2.75) is 13.6 Å². The normalized spacial score (nSPS) is 9.75. The van der Waals surface area contributed by atoms with Gasteiger partial charge in [-0.1, -0.05) is 0 Å². The molecule has 0 saturated heterocycles. The molecule has 44 valence electrons. The molecule has 0 unspecified atom stereocenters. The van der Waals surface area contributed by atoms with Crippen molar-refractivity contribution in [2.75, 3.05) is 0 Å². The fraction of sp³-hybridized carbons (Fsp3) is 0.400. The second kappa shape index (κ2) is 1.94. The fourth-order valence-electron chi connectivity index (χ4n) is 0.457. The van der Waals surface area contributed by atoms with E-state index in [-0.39, 0.29) is 0 Å². The van der Waals surface area contributed by atoms with E-state index in [4.69, 9.17) is 4.42 Å². The average Bonchev–Trinajstić information content (AvgIpc) is 2.14. The summed E-state index contributed by atoms with van der Waals surface area (Å²) in [6, 6.07) is 0. The van der Waals surface area contributed by atoms with Crippen LogP contribution < -0.4 is 0 Å². The first-order chi connectivity index (χ1) is 3.84. The molecule has 1 heterocycles. The summed E-state index contributed by atoms with van der Waals surface area (Å²) >= 11 is 0. The number of aryl methyl sites for hydroxylation is 1. The highest BCUT2D eigenvalue weighted by Crippen LogP contribution is 2.04. The molecule has 3 heteroatoms. The highest BCUT2D eigenvalue weighted by molar-refractivity contribution is 5.02. The first kappa shape index (κ1) is 5.28. The van der Waals surface area contributed by atoms with E-state index in [1.54, 1.807) is 6.92 Å². The molecule has 2 nitrogen and oxygen atoms in total. The Balaban J connectivity index is 2.92. The van der Waals surface area contributed by atoms with Gasteiger partial charge in [-0.15, -0.1) is 0 Å². The van der Waals surface area contributed by atoms with E-state index in [9.17, 15) is 4.39 Å². The minimum absolute atomic E-state index is 0.394. The van der Waals surface area contributed by atoms with E-state index in [1.807, 2.05) is 0 Å². The van der Waals surface area contributed by atoms with E-state index in [1.165, 1.54) is 6.39 Å².